The van der Waals surface area contributed by atoms with E-state index in [1.54, 1.807) is 69.3 Å². The molecular weight excluding hydrogens is 446 g/mol. The number of phenols is 1. The van der Waals surface area contributed by atoms with Gasteiger partial charge in [0, 0.05) is 16.3 Å². The predicted octanol–water partition coefficient (Wildman–Crippen LogP) is 5.04. The molecular formula is C25H24ClNO6. The molecule has 33 heavy (non-hydrogen) atoms. The van der Waals surface area contributed by atoms with Crippen molar-refractivity contribution in [3.63, 3.8) is 0 Å². The minimum Gasteiger partial charge on any atom is -0.508 e. The summed E-state index contributed by atoms with van der Waals surface area (Å²) in [4.78, 5) is 23.5. The fourth-order valence-corrected chi connectivity index (χ4v) is 3.45. The zero-order valence-corrected chi connectivity index (χ0v) is 19.1. The van der Waals surface area contributed by atoms with E-state index in [9.17, 15) is 19.8 Å². The smallest absolute Gasteiger partial charge is 0.397 e. The van der Waals surface area contributed by atoms with Crippen molar-refractivity contribution in [3.8, 4) is 17.2 Å². The Kier molecular flexibility index (Phi) is 7.58. The van der Waals surface area contributed by atoms with Crippen LogP contribution in [0.5, 0.6) is 17.2 Å². The van der Waals surface area contributed by atoms with Gasteiger partial charge in [-0.3, -0.25) is 4.79 Å². The molecule has 172 valence electrons. The van der Waals surface area contributed by atoms with Crippen molar-refractivity contribution in [2.45, 2.75) is 26.9 Å². The van der Waals surface area contributed by atoms with Crippen molar-refractivity contribution in [2.75, 3.05) is 11.9 Å². The van der Waals surface area contributed by atoms with Crippen LogP contribution in [-0.4, -0.2) is 28.7 Å². The number of hydrogen-bond donors (Lipinski definition) is 3. The van der Waals surface area contributed by atoms with Gasteiger partial charge in [-0.2, -0.15) is 0 Å². The Morgan fingerprint density at radius 1 is 1.03 bits per heavy atom. The predicted molar refractivity (Wildman–Crippen MR) is 125 cm³/mol. The number of nitrogens with one attached hydrogen (secondary N) is 1. The van der Waals surface area contributed by atoms with Gasteiger partial charge in [-0.1, -0.05) is 23.7 Å². The fourth-order valence-electron chi connectivity index (χ4n) is 3.32. The molecule has 0 bridgehead atoms. The van der Waals surface area contributed by atoms with Crippen molar-refractivity contribution in [1.29, 1.82) is 0 Å². The first-order valence-electron chi connectivity index (χ1n) is 10.2. The van der Waals surface area contributed by atoms with Crippen LogP contribution in [0.25, 0.3) is 0 Å². The molecule has 0 spiro atoms. The van der Waals surface area contributed by atoms with E-state index >= 15 is 0 Å². The summed E-state index contributed by atoms with van der Waals surface area (Å²) >= 11 is 5.91. The monoisotopic (exact) mass is 469 g/mol. The van der Waals surface area contributed by atoms with Crippen LogP contribution in [0.1, 0.15) is 35.3 Å². The minimum absolute atomic E-state index is 0.0738. The van der Waals surface area contributed by atoms with Crippen molar-refractivity contribution in [3.05, 3.63) is 81.9 Å². The Balaban J connectivity index is 1.83. The molecule has 0 fully saturated rings. The molecule has 0 saturated heterocycles. The number of benzene rings is 3. The third-order valence-corrected chi connectivity index (χ3v) is 5.13. The van der Waals surface area contributed by atoms with Gasteiger partial charge in [-0.25, -0.2) is 4.79 Å². The number of hydrogen-bond acceptors (Lipinski definition) is 6. The van der Waals surface area contributed by atoms with E-state index in [0.29, 0.717) is 38.9 Å². The maximum Gasteiger partial charge on any atom is 0.397 e. The molecule has 3 aromatic rings. The van der Waals surface area contributed by atoms with Crippen LogP contribution < -0.4 is 10.1 Å². The summed E-state index contributed by atoms with van der Waals surface area (Å²) in [5, 5.41) is 24.1. The van der Waals surface area contributed by atoms with Gasteiger partial charge in [0.05, 0.1) is 6.61 Å². The van der Waals surface area contributed by atoms with Gasteiger partial charge < -0.3 is 25.0 Å². The van der Waals surface area contributed by atoms with Crippen LogP contribution >= 0.6 is 11.6 Å². The molecule has 8 heteroatoms. The number of aryl methyl sites for hydroxylation is 2. The molecule has 0 aromatic heterocycles. The lowest BCUT2D eigenvalue weighted by molar-refractivity contribution is -0.152. The summed E-state index contributed by atoms with van der Waals surface area (Å²) in [5.41, 5.74) is 2.70. The molecule has 0 heterocycles. The Bertz CT molecular complexity index is 1150. The molecule has 0 aliphatic carbocycles. The molecule has 1 amide bonds. The van der Waals surface area contributed by atoms with E-state index in [1.165, 1.54) is 6.07 Å². The van der Waals surface area contributed by atoms with Gasteiger partial charge in [0.2, 0.25) is 0 Å². The summed E-state index contributed by atoms with van der Waals surface area (Å²) in [6, 6.07) is 14.6. The molecule has 1 atom stereocenters. The first-order chi connectivity index (χ1) is 15.7. The van der Waals surface area contributed by atoms with Crippen molar-refractivity contribution in [2.24, 2.45) is 0 Å². The number of rotatable bonds is 6. The summed E-state index contributed by atoms with van der Waals surface area (Å²) in [6.45, 7) is 5.33. The maximum absolute atomic E-state index is 11.9. The second-order valence-electron chi connectivity index (χ2n) is 7.39. The molecule has 0 radical (unpaired) electrons. The number of halogens is 1. The van der Waals surface area contributed by atoms with Crippen LogP contribution in [-0.2, 0) is 14.3 Å². The quantitative estimate of drug-likeness (QED) is 0.345. The largest absolute Gasteiger partial charge is 0.508 e. The second-order valence-corrected chi connectivity index (χ2v) is 7.83. The second kappa shape index (κ2) is 10.4. The number of aliphatic hydroxyl groups excluding tert-OH is 1. The number of amides is 1. The fraction of sp³-hybridized carbons (Fsp3) is 0.200. The number of carbonyl (C=O) groups is 2. The van der Waals surface area contributed by atoms with E-state index in [0.717, 1.165) is 0 Å². The first-order valence-corrected chi connectivity index (χ1v) is 10.6. The van der Waals surface area contributed by atoms with E-state index in [4.69, 9.17) is 21.1 Å². The van der Waals surface area contributed by atoms with E-state index in [2.05, 4.69) is 5.32 Å². The SMILES string of the molecule is CCOC(=O)C(=O)Nc1cc(C)c(Oc2ccc(O)c(C(O)c3ccc(Cl)cc3)c2)c(C)c1. The van der Waals surface area contributed by atoms with E-state index < -0.39 is 18.0 Å². The summed E-state index contributed by atoms with van der Waals surface area (Å²) < 4.78 is 10.7. The number of aliphatic hydroxyl groups is 1. The number of ether oxygens (including phenoxy) is 2. The van der Waals surface area contributed by atoms with Gasteiger partial charge in [0.1, 0.15) is 23.4 Å². The van der Waals surface area contributed by atoms with Gasteiger partial charge in [0.15, 0.2) is 0 Å². The zero-order valence-electron chi connectivity index (χ0n) is 18.4. The molecule has 1 unspecified atom stereocenters. The van der Waals surface area contributed by atoms with Crippen molar-refractivity contribution >= 4 is 29.2 Å². The summed E-state index contributed by atoms with van der Waals surface area (Å²) in [6.07, 6.45) is -1.08. The van der Waals surface area contributed by atoms with Gasteiger partial charge in [0.25, 0.3) is 0 Å². The number of carbonyl (C=O) groups excluding carboxylic acids is 2. The summed E-state index contributed by atoms with van der Waals surface area (Å²) in [5.74, 6) is -0.935. The molecule has 0 aliphatic rings. The van der Waals surface area contributed by atoms with Crippen molar-refractivity contribution < 1.29 is 29.3 Å². The highest BCUT2D eigenvalue weighted by Gasteiger charge is 2.18. The Labute approximate surface area is 196 Å². The van der Waals surface area contributed by atoms with Crippen molar-refractivity contribution in [1.82, 2.24) is 0 Å². The van der Waals surface area contributed by atoms with Crippen LogP contribution in [0, 0.1) is 13.8 Å². The molecule has 3 aromatic carbocycles. The Hall–Kier alpha value is -3.55. The molecule has 3 N–H and O–H groups in total. The lowest BCUT2D eigenvalue weighted by Gasteiger charge is -2.17. The average Bonchev–Trinajstić information content (AvgIpc) is 2.77. The standard InChI is InChI=1S/C25H24ClNO6/c1-4-32-25(31)24(30)27-18-11-14(2)23(15(3)12-18)33-19-9-10-21(28)20(13-19)22(29)16-5-7-17(26)8-6-16/h5-13,22,28-29H,4H2,1-3H3,(H,27,30). The number of esters is 1. The minimum atomic E-state index is -1.08. The van der Waals surface area contributed by atoms with E-state index in [-0.39, 0.29) is 17.9 Å². The Morgan fingerprint density at radius 2 is 1.67 bits per heavy atom. The third kappa shape index (κ3) is 5.83. The number of phenolic OH excluding ortho intramolecular Hbond substituents is 1. The molecule has 0 aliphatic heterocycles. The summed E-state index contributed by atoms with van der Waals surface area (Å²) in [7, 11) is 0. The van der Waals surface area contributed by atoms with Crippen LogP contribution in [0.2, 0.25) is 5.02 Å². The maximum atomic E-state index is 11.9. The van der Waals surface area contributed by atoms with E-state index in [1.807, 2.05) is 0 Å². The van der Waals surface area contributed by atoms with Crippen LogP contribution in [0.4, 0.5) is 5.69 Å². The van der Waals surface area contributed by atoms with Gasteiger partial charge >= 0.3 is 11.9 Å². The number of aromatic hydroxyl groups is 1. The average molecular weight is 470 g/mol. The highest BCUT2D eigenvalue weighted by molar-refractivity contribution is 6.37. The van der Waals surface area contributed by atoms with Crippen LogP contribution in [0.15, 0.2) is 54.6 Å². The Morgan fingerprint density at radius 3 is 2.27 bits per heavy atom. The lowest BCUT2D eigenvalue weighted by Crippen LogP contribution is -2.25. The lowest BCUT2D eigenvalue weighted by atomic mass is 10.0. The zero-order chi connectivity index (χ0) is 24.1. The highest BCUT2D eigenvalue weighted by atomic mass is 35.5. The number of anilines is 1. The van der Waals surface area contributed by atoms with Crippen LogP contribution in [0.3, 0.4) is 0 Å². The molecule has 0 saturated carbocycles. The van der Waals surface area contributed by atoms with Gasteiger partial charge in [-0.05, 0) is 79.9 Å². The van der Waals surface area contributed by atoms with Gasteiger partial charge in [-0.15, -0.1) is 0 Å². The highest BCUT2D eigenvalue weighted by Crippen LogP contribution is 2.36. The normalized spacial score (nSPS) is 11.5. The first kappa shape index (κ1) is 24.1. The topological polar surface area (TPSA) is 105 Å². The third-order valence-electron chi connectivity index (χ3n) is 4.88. The molecule has 3 rings (SSSR count). The molecule has 7 nitrogen and oxygen atoms in total.